The molecule has 0 saturated carbocycles. The van der Waals surface area contributed by atoms with Crippen LogP contribution in [-0.2, 0) is 19.1 Å². The summed E-state index contributed by atoms with van der Waals surface area (Å²) >= 11 is 0. The molecule has 26 heavy (non-hydrogen) atoms. The second kappa shape index (κ2) is 8.21. The molecule has 1 aromatic rings. The molecule has 1 fully saturated rings. The van der Waals surface area contributed by atoms with Gasteiger partial charge in [0.25, 0.3) is 0 Å². The molecule has 0 aliphatic carbocycles. The fraction of sp³-hybridized carbons (Fsp3) is 0.526. The van der Waals surface area contributed by atoms with Gasteiger partial charge in [-0.25, -0.2) is 9.59 Å². The number of nitrogens with zero attached hydrogens (tertiary/aromatic N) is 1. The van der Waals surface area contributed by atoms with Gasteiger partial charge in [0.05, 0.1) is 6.54 Å². The number of hydrogen-bond acceptors (Lipinski definition) is 6. The molecule has 0 spiro atoms. The normalized spacial score (nSPS) is 20.2. The molecule has 1 heterocycles. The quantitative estimate of drug-likeness (QED) is 0.768. The number of esters is 2. The molecule has 2 atom stereocenters. The van der Waals surface area contributed by atoms with Crippen LogP contribution in [0.1, 0.15) is 40.5 Å². The molecule has 0 aromatic heterocycles. The van der Waals surface area contributed by atoms with E-state index in [0.29, 0.717) is 18.6 Å². The van der Waals surface area contributed by atoms with Crippen LogP contribution in [0.25, 0.3) is 0 Å². The number of amides is 1. The molecular formula is C19H25NO6. The molecule has 7 nitrogen and oxygen atoms in total. The number of hydrogen-bond donors (Lipinski definition) is 0. The maximum absolute atomic E-state index is 12.6. The largest absolute Gasteiger partial charge is 0.461 e. The maximum atomic E-state index is 12.6. The van der Waals surface area contributed by atoms with Gasteiger partial charge >= 0.3 is 18.0 Å². The fourth-order valence-electron chi connectivity index (χ4n) is 2.73. The van der Waals surface area contributed by atoms with Gasteiger partial charge in [-0.2, -0.15) is 0 Å². The van der Waals surface area contributed by atoms with E-state index in [1.165, 1.54) is 11.8 Å². The first-order valence-corrected chi connectivity index (χ1v) is 8.59. The van der Waals surface area contributed by atoms with E-state index in [1.807, 2.05) is 0 Å². The van der Waals surface area contributed by atoms with E-state index < -0.39 is 35.8 Å². The van der Waals surface area contributed by atoms with Gasteiger partial charge < -0.3 is 14.2 Å². The van der Waals surface area contributed by atoms with Crippen molar-refractivity contribution in [3.8, 4) is 5.75 Å². The van der Waals surface area contributed by atoms with Crippen LogP contribution in [0.15, 0.2) is 30.3 Å². The average Bonchev–Trinajstić information content (AvgIpc) is 2.53. The lowest BCUT2D eigenvalue weighted by atomic mass is 10.00. The summed E-state index contributed by atoms with van der Waals surface area (Å²) in [4.78, 5) is 37.7. The lowest BCUT2D eigenvalue weighted by Gasteiger charge is -2.37. The lowest BCUT2D eigenvalue weighted by Crippen LogP contribution is -2.55. The Morgan fingerprint density at radius 1 is 1.08 bits per heavy atom. The van der Waals surface area contributed by atoms with Gasteiger partial charge in [-0.15, -0.1) is 0 Å². The highest BCUT2D eigenvalue weighted by molar-refractivity contribution is 5.83. The zero-order chi connectivity index (χ0) is 19.3. The summed E-state index contributed by atoms with van der Waals surface area (Å²) in [7, 11) is 0. The number of ether oxygens (including phenoxy) is 3. The number of para-hydroxylation sites is 1. The Balaban J connectivity index is 2.15. The number of piperidine rings is 1. The minimum absolute atomic E-state index is 0.0785. The van der Waals surface area contributed by atoms with Crippen LogP contribution in [0, 0.1) is 0 Å². The molecule has 1 aliphatic heterocycles. The first-order valence-electron chi connectivity index (χ1n) is 8.59. The molecular weight excluding hydrogens is 338 g/mol. The Labute approximate surface area is 153 Å². The highest BCUT2D eigenvalue weighted by atomic mass is 16.6. The standard InChI is InChI=1S/C19H25NO6/c1-13(21)24-15-10-11-16(17(22)26-19(2,3)4)20(12-15)18(23)25-14-8-6-5-7-9-14/h5-9,15-16H,10-12H2,1-4H3/t15-,16+/m1/s1. The van der Waals surface area contributed by atoms with Crippen molar-refractivity contribution in [1.29, 1.82) is 0 Å². The van der Waals surface area contributed by atoms with Crippen LogP contribution < -0.4 is 4.74 Å². The van der Waals surface area contributed by atoms with Crippen molar-refractivity contribution >= 4 is 18.0 Å². The Morgan fingerprint density at radius 2 is 1.73 bits per heavy atom. The van der Waals surface area contributed by atoms with E-state index in [-0.39, 0.29) is 6.54 Å². The topological polar surface area (TPSA) is 82.1 Å². The molecule has 0 N–H and O–H groups in total. The third-order valence-corrected chi connectivity index (χ3v) is 3.73. The smallest absolute Gasteiger partial charge is 0.416 e. The Bertz CT molecular complexity index is 652. The number of rotatable bonds is 3. The molecule has 0 radical (unpaired) electrons. The third-order valence-electron chi connectivity index (χ3n) is 3.73. The van der Waals surface area contributed by atoms with Crippen LogP contribution >= 0.6 is 0 Å². The molecule has 0 unspecified atom stereocenters. The number of benzene rings is 1. The van der Waals surface area contributed by atoms with Gasteiger partial charge in [0.2, 0.25) is 0 Å². The lowest BCUT2D eigenvalue weighted by molar-refractivity contribution is -0.164. The van der Waals surface area contributed by atoms with E-state index in [2.05, 4.69) is 0 Å². The molecule has 1 aromatic carbocycles. The van der Waals surface area contributed by atoms with E-state index >= 15 is 0 Å². The van der Waals surface area contributed by atoms with Crippen molar-refractivity contribution in [2.75, 3.05) is 6.54 Å². The van der Waals surface area contributed by atoms with Gasteiger partial charge in [-0.3, -0.25) is 9.69 Å². The Hall–Kier alpha value is -2.57. The summed E-state index contributed by atoms with van der Waals surface area (Å²) in [6.45, 7) is 6.69. The molecule has 7 heteroatoms. The zero-order valence-electron chi connectivity index (χ0n) is 15.6. The van der Waals surface area contributed by atoms with Crippen molar-refractivity contribution < 1.29 is 28.6 Å². The van der Waals surface area contributed by atoms with Crippen LogP contribution in [0.4, 0.5) is 4.79 Å². The Morgan fingerprint density at radius 3 is 2.31 bits per heavy atom. The predicted molar refractivity (Wildman–Crippen MR) is 93.6 cm³/mol. The minimum Gasteiger partial charge on any atom is -0.461 e. The summed E-state index contributed by atoms with van der Waals surface area (Å²) in [5, 5.41) is 0. The first kappa shape index (κ1) is 19.8. The van der Waals surface area contributed by atoms with Crippen molar-refractivity contribution in [3.05, 3.63) is 30.3 Å². The number of carbonyl (C=O) groups is 3. The number of likely N-dealkylation sites (tertiary alicyclic amines) is 1. The molecule has 1 amide bonds. The van der Waals surface area contributed by atoms with E-state index in [4.69, 9.17) is 14.2 Å². The molecule has 1 aliphatic rings. The van der Waals surface area contributed by atoms with Crippen molar-refractivity contribution in [1.82, 2.24) is 4.90 Å². The van der Waals surface area contributed by atoms with Gasteiger partial charge in [-0.1, -0.05) is 18.2 Å². The van der Waals surface area contributed by atoms with E-state index in [9.17, 15) is 14.4 Å². The second-order valence-electron chi connectivity index (χ2n) is 7.19. The van der Waals surface area contributed by atoms with Gasteiger partial charge in [0, 0.05) is 6.92 Å². The predicted octanol–water partition coefficient (Wildman–Crippen LogP) is 2.92. The monoisotopic (exact) mass is 363 g/mol. The highest BCUT2D eigenvalue weighted by Gasteiger charge is 2.40. The summed E-state index contributed by atoms with van der Waals surface area (Å²) in [6.07, 6.45) is -0.353. The molecule has 2 rings (SSSR count). The first-order chi connectivity index (χ1) is 12.2. The van der Waals surface area contributed by atoms with Crippen LogP contribution in [0.5, 0.6) is 5.75 Å². The van der Waals surface area contributed by atoms with Gasteiger partial charge in [0.1, 0.15) is 23.5 Å². The van der Waals surface area contributed by atoms with E-state index in [0.717, 1.165) is 0 Å². The summed E-state index contributed by atoms with van der Waals surface area (Å²) < 4.78 is 16.0. The number of carbonyl (C=O) groups excluding carboxylic acids is 3. The average molecular weight is 363 g/mol. The summed E-state index contributed by atoms with van der Waals surface area (Å²) in [6, 6.07) is 7.80. The Kier molecular flexibility index (Phi) is 6.23. The highest BCUT2D eigenvalue weighted by Crippen LogP contribution is 2.24. The maximum Gasteiger partial charge on any atom is 0.416 e. The summed E-state index contributed by atoms with van der Waals surface area (Å²) in [5.41, 5.74) is -0.668. The van der Waals surface area contributed by atoms with Crippen LogP contribution in [-0.4, -0.2) is 47.2 Å². The molecule has 1 saturated heterocycles. The fourth-order valence-corrected chi connectivity index (χ4v) is 2.73. The third kappa shape index (κ3) is 5.75. The summed E-state index contributed by atoms with van der Waals surface area (Å²) in [5.74, 6) is -0.555. The van der Waals surface area contributed by atoms with Crippen molar-refractivity contribution in [2.24, 2.45) is 0 Å². The SMILES string of the molecule is CC(=O)O[C@@H]1CC[C@@H](C(=O)OC(C)(C)C)N(C(=O)Oc2ccccc2)C1. The van der Waals surface area contributed by atoms with Crippen molar-refractivity contribution in [2.45, 2.75) is 58.3 Å². The van der Waals surface area contributed by atoms with Gasteiger partial charge in [-0.05, 0) is 45.7 Å². The zero-order valence-corrected chi connectivity index (χ0v) is 15.6. The van der Waals surface area contributed by atoms with Gasteiger partial charge in [0.15, 0.2) is 0 Å². The minimum atomic E-state index is -0.780. The van der Waals surface area contributed by atoms with Crippen LogP contribution in [0.3, 0.4) is 0 Å². The second-order valence-corrected chi connectivity index (χ2v) is 7.19. The molecule has 142 valence electrons. The molecule has 0 bridgehead atoms. The van der Waals surface area contributed by atoms with Crippen LogP contribution in [0.2, 0.25) is 0 Å². The van der Waals surface area contributed by atoms with E-state index in [1.54, 1.807) is 51.1 Å². The van der Waals surface area contributed by atoms with Crippen molar-refractivity contribution in [3.63, 3.8) is 0 Å².